The Labute approximate surface area is 74.3 Å². The van der Waals surface area contributed by atoms with Crippen LogP contribution in [-0.2, 0) is 0 Å². The fourth-order valence-corrected chi connectivity index (χ4v) is 3.10. The van der Waals surface area contributed by atoms with E-state index in [4.69, 9.17) is 5.21 Å². The summed E-state index contributed by atoms with van der Waals surface area (Å²) < 4.78 is 0. The summed E-state index contributed by atoms with van der Waals surface area (Å²) >= 11 is 0. The molecule has 2 saturated carbocycles. The first-order chi connectivity index (χ1) is 5.92. The van der Waals surface area contributed by atoms with Gasteiger partial charge in [0, 0.05) is 6.04 Å². The minimum Gasteiger partial charge on any atom is -0.317 e. The summed E-state index contributed by atoms with van der Waals surface area (Å²) in [6, 6.07) is 0.407. The Morgan fingerprint density at radius 3 is 2.50 bits per heavy atom. The molecule has 2 aliphatic carbocycles. The van der Waals surface area contributed by atoms with Gasteiger partial charge in [0.15, 0.2) is 0 Å². The highest BCUT2D eigenvalue weighted by Gasteiger charge is 2.34. The van der Waals surface area contributed by atoms with E-state index in [1.54, 1.807) is 0 Å². The minimum atomic E-state index is 0.407. The molecule has 70 valence electrons. The Hall–Kier alpha value is -0.0800. The molecule has 2 aliphatic rings. The predicted octanol–water partition coefficient (Wildman–Crippen LogP) is 2.32. The topological polar surface area (TPSA) is 32.3 Å². The molecule has 0 spiro atoms. The third-order valence-corrected chi connectivity index (χ3v) is 3.74. The van der Waals surface area contributed by atoms with Gasteiger partial charge in [-0.2, -0.15) is 0 Å². The van der Waals surface area contributed by atoms with E-state index in [1.807, 2.05) is 0 Å². The van der Waals surface area contributed by atoms with Gasteiger partial charge in [0.2, 0.25) is 0 Å². The standard InChI is InChI=1S/C10H19NO/c12-11-10-7-3-5-8-4-1-2-6-9(8)10/h8-12H,1-7H2. The van der Waals surface area contributed by atoms with E-state index in [9.17, 15) is 0 Å². The molecular formula is C10H19NO. The zero-order valence-corrected chi connectivity index (χ0v) is 7.63. The van der Waals surface area contributed by atoms with Crippen LogP contribution < -0.4 is 5.48 Å². The van der Waals surface area contributed by atoms with E-state index in [-0.39, 0.29) is 0 Å². The Morgan fingerprint density at radius 1 is 0.917 bits per heavy atom. The molecule has 0 aromatic carbocycles. The second-order valence-corrected chi connectivity index (χ2v) is 4.37. The van der Waals surface area contributed by atoms with Crippen molar-refractivity contribution in [2.24, 2.45) is 11.8 Å². The number of hydrogen-bond donors (Lipinski definition) is 2. The summed E-state index contributed by atoms with van der Waals surface area (Å²) in [6.07, 6.45) is 9.42. The van der Waals surface area contributed by atoms with Crippen LogP contribution in [0.2, 0.25) is 0 Å². The molecular weight excluding hydrogens is 150 g/mol. The lowest BCUT2D eigenvalue weighted by Crippen LogP contribution is -2.42. The number of nitrogens with one attached hydrogen (secondary N) is 1. The predicted molar refractivity (Wildman–Crippen MR) is 48.0 cm³/mol. The van der Waals surface area contributed by atoms with Crippen LogP contribution in [0.1, 0.15) is 44.9 Å². The molecule has 2 heteroatoms. The molecule has 2 fully saturated rings. The van der Waals surface area contributed by atoms with Gasteiger partial charge in [-0.05, 0) is 24.7 Å². The SMILES string of the molecule is ONC1CCCC2CCCCC21. The lowest BCUT2D eigenvalue weighted by atomic mass is 9.68. The molecule has 0 aromatic rings. The third kappa shape index (κ3) is 1.50. The monoisotopic (exact) mass is 169 g/mol. The minimum absolute atomic E-state index is 0.407. The van der Waals surface area contributed by atoms with Gasteiger partial charge in [0.1, 0.15) is 0 Å². The first kappa shape index (κ1) is 8.52. The van der Waals surface area contributed by atoms with Gasteiger partial charge >= 0.3 is 0 Å². The van der Waals surface area contributed by atoms with Crippen LogP contribution >= 0.6 is 0 Å². The molecule has 0 aliphatic heterocycles. The average molecular weight is 169 g/mol. The van der Waals surface area contributed by atoms with E-state index in [1.165, 1.54) is 44.9 Å². The molecule has 2 nitrogen and oxygen atoms in total. The number of hydrogen-bond acceptors (Lipinski definition) is 2. The van der Waals surface area contributed by atoms with Gasteiger partial charge in [0.25, 0.3) is 0 Å². The molecule has 0 bridgehead atoms. The summed E-state index contributed by atoms with van der Waals surface area (Å²) in [7, 11) is 0. The average Bonchev–Trinajstić information content (AvgIpc) is 2.17. The molecule has 0 saturated heterocycles. The Kier molecular flexibility index (Phi) is 2.66. The highest BCUT2D eigenvalue weighted by molar-refractivity contribution is 4.87. The maximum Gasteiger partial charge on any atom is 0.0350 e. The van der Waals surface area contributed by atoms with Crippen molar-refractivity contribution in [3.63, 3.8) is 0 Å². The van der Waals surface area contributed by atoms with Crippen LogP contribution in [0.5, 0.6) is 0 Å². The van der Waals surface area contributed by atoms with Crippen LogP contribution in [0.15, 0.2) is 0 Å². The second-order valence-electron chi connectivity index (χ2n) is 4.37. The molecule has 0 heterocycles. The molecule has 12 heavy (non-hydrogen) atoms. The fraction of sp³-hybridized carbons (Fsp3) is 1.00. The van der Waals surface area contributed by atoms with Crippen molar-refractivity contribution in [3.05, 3.63) is 0 Å². The van der Waals surface area contributed by atoms with Crippen molar-refractivity contribution in [2.45, 2.75) is 51.0 Å². The van der Waals surface area contributed by atoms with Crippen molar-refractivity contribution in [2.75, 3.05) is 0 Å². The first-order valence-corrected chi connectivity index (χ1v) is 5.31. The van der Waals surface area contributed by atoms with Gasteiger partial charge in [0.05, 0.1) is 0 Å². The smallest absolute Gasteiger partial charge is 0.0350 e. The molecule has 3 unspecified atom stereocenters. The summed E-state index contributed by atoms with van der Waals surface area (Å²) in [5, 5.41) is 8.98. The van der Waals surface area contributed by atoms with Crippen molar-refractivity contribution < 1.29 is 5.21 Å². The van der Waals surface area contributed by atoms with E-state index in [0.29, 0.717) is 6.04 Å². The summed E-state index contributed by atoms with van der Waals surface area (Å²) in [4.78, 5) is 0. The normalized spacial score (nSPS) is 42.2. The lowest BCUT2D eigenvalue weighted by Gasteiger charge is -2.40. The van der Waals surface area contributed by atoms with E-state index < -0.39 is 0 Å². The van der Waals surface area contributed by atoms with Gasteiger partial charge in [-0.1, -0.05) is 32.1 Å². The third-order valence-electron chi connectivity index (χ3n) is 3.74. The highest BCUT2D eigenvalue weighted by Crippen LogP contribution is 2.40. The molecule has 0 radical (unpaired) electrons. The number of fused-ring (bicyclic) bond motifs is 1. The largest absolute Gasteiger partial charge is 0.317 e. The van der Waals surface area contributed by atoms with Crippen LogP contribution in [0.25, 0.3) is 0 Å². The molecule has 0 aromatic heterocycles. The Morgan fingerprint density at radius 2 is 1.67 bits per heavy atom. The maximum atomic E-state index is 8.98. The summed E-state index contributed by atoms with van der Waals surface area (Å²) in [6.45, 7) is 0. The van der Waals surface area contributed by atoms with Gasteiger partial charge in [-0.15, -0.1) is 0 Å². The zero-order chi connectivity index (χ0) is 8.39. The van der Waals surface area contributed by atoms with Gasteiger partial charge < -0.3 is 5.21 Å². The molecule has 2 N–H and O–H groups in total. The number of hydroxylamine groups is 1. The molecule has 2 rings (SSSR count). The lowest BCUT2D eigenvalue weighted by molar-refractivity contribution is 0.0329. The Bertz CT molecular complexity index is 140. The quantitative estimate of drug-likeness (QED) is 0.590. The summed E-state index contributed by atoms with van der Waals surface area (Å²) in [5.41, 5.74) is 2.50. The van der Waals surface area contributed by atoms with Crippen LogP contribution in [0.4, 0.5) is 0 Å². The van der Waals surface area contributed by atoms with Crippen LogP contribution in [0.3, 0.4) is 0 Å². The first-order valence-electron chi connectivity index (χ1n) is 5.31. The van der Waals surface area contributed by atoms with E-state index in [2.05, 4.69) is 5.48 Å². The van der Waals surface area contributed by atoms with Gasteiger partial charge in [-0.25, -0.2) is 5.48 Å². The van der Waals surface area contributed by atoms with E-state index >= 15 is 0 Å². The zero-order valence-electron chi connectivity index (χ0n) is 7.63. The van der Waals surface area contributed by atoms with Crippen LogP contribution in [0, 0.1) is 11.8 Å². The second kappa shape index (κ2) is 3.75. The molecule has 0 amide bonds. The van der Waals surface area contributed by atoms with Crippen molar-refractivity contribution in [1.82, 2.24) is 5.48 Å². The van der Waals surface area contributed by atoms with Crippen molar-refractivity contribution in [1.29, 1.82) is 0 Å². The highest BCUT2D eigenvalue weighted by atomic mass is 16.5. The van der Waals surface area contributed by atoms with E-state index in [0.717, 1.165) is 11.8 Å². The molecule has 3 atom stereocenters. The number of rotatable bonds is 1. The van der Waals surface area contributed by atoms with Gasteiger partial charge in [-0.3, -0.25) is 0 Å². The Balaban J connectivity index is 1.99. The van der Waals surface area contributed by atoms with Crippen molar-refractivity contribution >= 4 is 0 Å². The summed E-state index contributed by atoms with van der Waals surface area (Å²) in [5.74, 6) is 1.69. The van der Waals surface area contributed by atoms with Crippen LogP contribution in [-0.4, -0.2) is 11.2 Å². The maximum absolute atomic E-state index is 8.98. The van der Waals surface area contributed by atoms with Crippen molar-refractivity contribution in [3.8, 4) is 0 Å². The fourth-order valence-electron chi connectivity index (χ4n) is 3.10.